The molecule has 0 bridgehead atoms. The van der Waals surface area contributed by atoms with Gasteiger partial charge in [-0.1, -0.05) is 12.8 Å². The number of hydrogen-bond acceptors (Lipinski definition) is 2. The molecule has 3 aliphatic rings. The average Bonchev–Trinajstić information content (AvgIpc) is 3.06. The Bertz CT molecular complexity index is 218. The van der Waals surface area contributed by atoms with Crippen LogP contribution in [0.1, 0.15) is 38.5 Å². The molecule has 2 nitrogen and oxygen atoms in total. The minimum atomic E-state index is 0.0283. The number of aliphatic hydroxyl groups is 1. The largest absolute Gasteiger partial charge is 0.393 e. The highest BCUT2D eigenvalue weighted by Crippen LogP contribution is 2.61. The number of aliphatic hydroxyl groups excluding tert-OH is 1. The van der Waals surface area contributed by atoms with Gasteiger partial charge in [-0.3, -0.25) is 0 Å². The molecule has 1 aliphatic heterocycles. The van der Waals surface area contributed by atoms with Crippen molar-refractivity contribution in [2.24, 2.45) is 17.3 Å². The first kappa shape index (κ1) is 9.17. The molecule has 2 aliphatic carbocycles. The quantitative estimate of drug-likeness (QED) is 0.716. The van der Waals surface area contributed by atoms with Gasteiger partial charge in [0.15, 0.2) is 0 Å². The molecule has 2 heteroatoms. The van der Waals surface area contributed by atoms with Crippen LogP contribution in [0.5, 0.6) is 0 Å². The van der Waals surface area contributed by atoms with Crippen molar-refractivity contribution in [3.63, 3.8) is 0 Å². The predicted octanol–water partition coefficient (Wildman–Crippen LogP) is 1.54. The summed E-state index contributed by atoms with van der Waals surface area (Å²) in [7, 11) is 0. The molecule has 3 rings (SSSR count). The molecule has 80 valence electrons. The van der Waals surface area contributed by atoms with Gasteiger partial charge in [0.2, 0.25) is 0 Å². The predicted molar refractivity (Wildman–Crippen MR) is 56.0 cm³/mol. The van der Waals surface area contributed by atoms with Gasteiger partial charge in [-0.15, -0.1) is 0 Å². The lowest BCUT2D eigenvalue weighted by molar-refractivity contribution is 0.109. The highest BCUT2D eigenvalue weighted by Gasteiger charge is 2.57. The number of nitrogens with one attached hydrogen (secondary N) is 1. The van der Waals surface area contributed by atoms with E-state index in [1.54, 1.807) is 0 Å². The van der Waals surface area contributed by atoms with E-state index in [2.05, 4.69) is 5.32 Å². The number of hydrogen-bond donors (Lipinski definition) is 2. The Balaban J connectivity index is 1.54. The Morgan fingerprint density at radius 3 is 2.64 bits per heavy atom. The van der Waals surface area contributed by atoms with Crippen molar-refractivity contribution < 1.29 is 5.11 Å². The van der Waals surface area contributed by atoms with Crippen LogP contribution >= 0.6 is 0 Å². The Hall–Kier alpha value is -0.0800. The first-order valence-electron chi connectivity index (χ1n) is 6.19. The van der Waals surface area contributed by atoms with Crippen molar-refractivity contribution in [1.29, 1.82) is 0 Å². The Labute approximate surface area is 86.1 Å². The van der Waals surface area contributed by atoms with Crippen LogP contribution in [0.2, 0.25) is 0 Å². The van der Waals surface area contributed by atoms with Gasteiger partial charge >= 0.3 is 0 Å². The molecule has 1 saturated heterocycles. The molecular weight excluding hydrogens is 174 g/mol. The molecule has 0 aromatic carbocycles. The van der Waals surface area contributed by atoms with E-state index < -0.39 is 0 Å². The van der Waals surface area contributed by atoms with Crippen molar-refractivity contribution in [1.82, 2.24) is 5.32 Å². The molecule has 0 aromatic heterocycles. The molecule has 3 fully saturated rings. The fourth-order valence-corrected chi connectivity index (χ4v) is 3.28. The van der Waals surface area contributed by atoms with Crippen LogP contribution in [-0.2, 0) is 0 Å². The Morgan fingerprint density at radius 2 is 2.00 bits per heavy atom. The van der Waals surface area contributed by atoms with Gasteiger partial charge in [0.1, 0.15) is 0 Å². The first-order valence-corrected chi connectivity index (χ1v) is 6.19. The van der Waals surface area contributed by atoms with Gasteiger partial charge in [0.05, 0.1) is 6.10 Å². The van der Waals surface area contributed by atoms with Crippen LogP contribution < -0.4 is 5.32 Å². The highest BCUT2D eigenvalue weighted by atomic mass is 16.3. The van der Waals surface area contributed by atoms with Crippen LogP contribution in [0.25, 0.3) is 0 Å². The van der Waals surface area contributed by atoms with Crippen molar-refractivity contribution in [3.8, 4) is 0 Å². The zero-order valence-electron chi connectivity index (χ0n) is 8.84. The van der Waals surface area contributed by atoms with Crippen molar-refractivity contribution >= 4 is 0 Å². The van der Waals surface area contributed by atoms with Crippen LogP contribution in [0.15, 0.2) is 0 Å². The second-order valence-corrected chi connectivity index (χ2v) is 5.67. The van der Waals surface area contributed by atoms with Crippen molar-refractivity contribution in [2.75, 3.05) is 13.1 Å². The van der Waals surface area contributed by atoms with E-state index in [-0.39, 0.29) is 6.10 Å². The van der Waals surface area contributed by atoms with E-state index in [1.807, 2.05) is 0 Å². The molecule has 2 unspecified atom stereocenters. The first-order chi connectivity index (χ1) is 6.80. The minimum absolute atomic E-state index is 0.0283. The van der Waals surface area contributed by atoms with Gasteiger partial charge in [-0.05, 0) is 56.0 Å². The van der Waals surface area contributed by atoms with E-state index in [0.717, 1.165) is 12.3 Å². The van der Waals surface area contributed by atoms with Gasteiger partial charge < -0.3 is 10.4 Å². The zero-order valence-corrected chi connectivity index (χ0v) is 8.84. The molecule has 14 heavy (non-hydrogen) atoms. The second-order valence-electron chi connectivity index (χ2n) is 5.67. The van der Waals surface area contributed by atoms with E-state index in [1.165, 1.54) is 45.2 Å². The summed E-state index contributed by atoms with van der Waals surface area (Å²) in [5.74, 6) is 1.54. The summed E-state index contributed by atoms with van der Waals surface area (Å²) >= 11 is 0. The second kappa shape index (κ2) is 3.21. The normalized spacial score (nSPS) is 37.1. The molecule has 0 aromatic rings. The number of rotatable bonds is 3. The van der Waals surface area contributed by atoms with Gasteiger partial charge in [0, 0.05) is 0 Å². The van der Waals surface area contributed by atoms with Gasteiger partial charge in [0.25, 0.3) is 0 Å². The summed E-state index contributed by atoms with van der Waals surface area (Å²) in [5.41, 5.74) is 0.569. The lowest BCUT2D eigenvalue weighted by Gasteiger charge is -2.25. The third-order valence-corrected chi connectivity index (χ3v) is 4.59. The average molecular weight is 195 g/mol. The molecule has 0 amide bonds. The summed E-state index contributed by atoms with van der Waals surface area (Å²) < 4.78 is 0. The Morgan fingerprint density at radius 1 is 1.29 bits per heavy atom. The summed E-state index contributed by atoms with van der Waals surface area (Å²) in [6.07, 6.45) is 7.79. The number of piperidine rings is 1. The maximum absolute atomic E-state index is 10.1. The SMILES string of the molecule is OC(CC1CC1)C1CC12CCNCC2. The molecule has 1 spiro atoms. The molecule has 0 radical (unpaired) electrons. The van der Waals surface area contributed by atoms with Crippen molar-refractivity contribution in [2.45, 2.75) is 44.6 Å². The fraction of sp³-hybridized carbons (Fsp3) is 1.00. The van der Waals surface area contributed by atoms with E-state index in [0.29, 0.717) is 11.3 Å². The van der Waals surface area contributed by atoms with Gasteiger partial charge in [-0.2, -0.15) is 0 Å². The molecule has 2 N–H and O–H groups in total. The monoisotopic (exact) mass is 195 g/mol. The smallest absolute Gasteiger partial charge is 0.0576 e. The third-order valence-electron chi connectivity index (χ3n) is 4.59. The minimum Gasteiger partial charge on any atom is -0.393 e. The maximum Gasteiger partial charge on any atom is 0.0576 e. The summed E-state index contributed by atoms with van der Waals surface area (Å²) in [4.78, 5) is 0. The molecule has 2 saturated carbocycles. The zero-order chi connectivity index (χ0) is 9.60. The topological polar surface area (TPSA) is 32.3 Å². The van der Waals surface area contributed by atoms with Crippen LogP contribution in [-0.4, -0.2) is 24.3 Å². The lowest BCUT2D eigenvalue weighted by Crippen LogP contribution is -2.31. The standard InChI is InChI=1S/C12H21NO/c14-11(7-9-1-2-9)10-8-12(10)3-5-13-6-4-12/h9-11,13-14H,1-8H2. The summed E-state index contributed by atoms with van der Waals surface area (Å²) in [6, 6.07) is 0. The van der Waals surface area contributed by atoms with E-state index in [9.17, 15) is 5.11 Å². The summed E-state index contributed by atoms with van der Waals surface area (Å²) in [6.45, 7) is 2.35. The molecular formula is C12H21NO. The molecule has 1 heterocycles. The lowest BCUT2D eigenvalue weighted by atomic mass is 9.89. The van der Waals surface area contributed by atoms with Crippen LogP contribution in [0.4, 0.5) is 0 Å². The van der Waals surface area contributed by atoms with Gasteiger partial charge in [-0.25, -0.2) is 0 Å². The third kappa shape index (κ3) is 1.59. The molecule has 2 atom stereocenters. The van der Waals surface area contributed by atoms with E-state index >= 15 is 0 Å². The van der Waals surface area contributed by atoms with Crippen molar-refractivity contribution in [3.05, 3.63) is 0 Å². The Kier molecular flexibility index (Phi) is 2.10. The van der Waals surface area contributed by atoms with Crippen LogP contribution in [0.3, 0.4) is 0 Å². The van der Waals surface area contributed by atoms with E-state index in [4.69, 9.17) is 0 Å². The fourth-order valence-electron chi connectivity index (χ4n) is 3.28. The van der Waals surface area contributed by atoms with Crippen LogP contribution in [0, 0.1) is 17.3 Å². The maximum atomic E-state index is 10.1. The highest BCUT2D eigenvalue weighted by molar-refractivity contribution is 5.07. The summed E-state index contributed by atoms with van der Waals surface area (Å²) in [5, 5.41) is 13.5.